The van der Waals surface area contributed by atoms with Crippen molar-refractivity contribution in [2.45, 2.75) is 73.6 Å². The van der Waals surface area contributed by atoms with Crippen LogP contribution in [0.25, 0.3) is 33.5 Å². The van der Waals surface area contributed by atoms with Gasteiger partial charge in [0.05, 0.1) is 57.8 Å². The zero-order chi connectivity index (χ0) is 49.2. The first-order valence-electron chi connectivity index (χ1n) is 19.9. The number of aliphatic hydroxyl groups excluding tert-OH is 3. The molecule has 6 unspecified atom stereocenters. The molecule has 0 aliphatic carbocycles. The highest BCUT2D eigenvalue weighted by molar-refractivity contribution is 7.48. The Bertz CT molecular complexity index is 3180. The van der Waals surface area contributed by atoms with Crippen molar-refractivity contribution in [3.05, 3.63) is 69.0 Å². The summed E-state index contributed by atoms with van der Waals surface area (Å²) in [6.45, 7) is -2.84. The van der Waals surface area contributed by atoms with E-state index in [9.17, 15) is 58.1 Å². The summed E-state index contributed by atoms with van der Waals surface area (Å²) in [6, 6.07) is 0. The SMILES string of the molecule is COC1[C@@H](COP(=O)(O)OC2[C@@H](COP(=O)(O)OC3[C@@H](COP(=O)(O)OC)O[C@@H](n4cnc5c(=O)[nH]cnc54)[C@H]3O)O[C@@H](n3cnc4c(=O)[nH]cnc43)[C@H]2O)O[C@@H](n2cnc3c(=O)[nH]cnc32)[C@H]1O. The fraction of sp³-hybridized carbons (Fsp3) is 0.531. The normalized spacial score (nSPS) is 31.1. The summed E-state index contributed by atoms with van der Waals surface area (Å²) in [5.41, 5.74) is -2.63. The largest absolute Gasteiger partial charge is 0.472 e. The number of phosphoric acid groups is 3. The van der Waals surface area contributed by atoms with E-state index in [-0.39, 0.29) is 33.5 Å². The highest BCUT2D eigenvalue weighted by atomic mass is 31.2. The van der Waals surface area contributed by atoms with Crippen LogP contribution in [-0.4, -0.2) is 178 Å². The number of aromatic nitrogens is 12. The highest BCUT2D eigenvalue weighted by Crippen LogP contribution is 2.53. The first-order chi connectivity index (χ1) is 32.8. The number of hydrogen-bond acceptors (Lipinski definition) is 25. The molecular weight excluding hydrogens is 997 g/mol. The Hall–Kier alpha value is -4.90. The number of H-pyrrole nitrogens is 3. The number of aromatic amines is 3. The van der Waals surface area contributed by atoms with Crippen LogP contribution in [0.15, 0.2) is 52.3 Å². The van der Waals surface area contributed by atoms with Crippen LogP contribution in [0.4, 0.5) is 0 Å². The van der Waals surface area contributed by atoms with Crippen molar-refractivity contribution in [2.24, 2.45) is 0 Å². The van der Waals surface area contributed by atoms with Crippen LogP contribution >= 0.6 is 23.5 Å². The van der Waals surface area contributed by atoms with Gasteiger partial charge in [0.2, 0.25) is 0 Å². The van der Waals surface area contributed by atoms with Crippen molar-refractivity contribution < 1.29 is 89.8 Å². The van der Waals surface area contributed by atoms with Gasteiger partial charge in [-0.15, -0.1) is 0 Å². The van der Waals surface area contributed by atoms with E-state index < -0.39 is 134 Å². The molecule has 0 saturated carbocycles. The molecule has 0 aromatic carbocycles. The number of aliphatic hydroxyl groups is 3. The van der Waals surface area contributed by atoms with E-state index in [4.69, 9.17) is 41.6 Å². The summed E-state index contributed by atoms with van der Waals surface area (Å²) >= 11 is 0. The summed E-state index contributed by atoms with van der Waals surface area (Å²) in [6.07, 6.45) is -13.5. The first-order valence-corrected chi connectivity index (χ1v) is 24.4. The van der Waals surface area contributed by atoms with Crippen molar-refractivity contribution in [2.75, 3.05) is 34.0 Å². The van der Waals surface area contributed by atoms with Crippen molar-refractivity contribution in [3.8, 4) is 0 Å². The Kier molecular flexibility index (Phi) is 13.5. The van der Waals surface area contributed by atoms with E-state index in [2.05, 4.69) is 49.4 Å². The Labute approximate surface area is 381 Å². The van der Waals surface area contributed by atoms with Gasteiger partial charge >= 0.3 is 23.5 Å². The van der Waals surface area contributed by atoms with Crippen LogP contribution in [0.2, 0.25) is 0 Å². The molecule has 15 atom stereocenters. The predicted molar refractivity (Wildman–Crippen MR) is 219 cm³/mol. The Morgan fingerprint density at radius 1 is 0.536 bits per heavy atom. The summed E-state index contributed by atoms with van der Waals surface area (Å²) in [5.74, 6) is 0. The Morgan fingerprint density at radius 3 is 1.19 bits per heavy atom. The van der Waals surface area contributed by atoms with Gasteiger partial charge < -0.3 is 63.9 Å². The lowest BCUT2D eigenvalue weighted by molar-refractivity contribution is -0.0631. The molecule has 0 bridgehead atoms. The van der Waals surface area contributed by atoms with Crippen LogP contribution < -0.4 is 16.7 Å². The monoisotopic (exact) mass is 1040 g/mol. The molecule has 3 fully saturated rings. The molecule has 69 heavy (non-hydrogen) atoms. The van der Waals surface area contributed by atoms with Gasteiger partial charge in [-0.1, -0.05) is 0 Å². The number of methoxy groups -OCH3 is 1. The molecule has 3 aliphatic rings. The first kappa shape index (κ1) is 49.1. The summed E-state index contributed by atoms with van der Waals surface area (Å²) in [5, 5.41) is 34.2. The Balaban J connectivity index is 0.936. The highest BCUT2D eigenvalue weighted by Gasteiger charge is 2.54. The molecule has 3 saturated heterocycles. The topological polar surface area (TPSA) is 456 Å². The number of fused-ring (bicyclic) bond motifs is 3. The molecule has 374 valence electrons. The average molecular weight is 1040 g/mol. The molecule has 0 amide bonds. The van der Waals surface area contributed by atoms with Crippen LogP contribution in [-0.2, 0) is 59.8 Å². The van der Waals surface area contributed by atoms with Crippen LogP contribution in [0.3, 0.4) is 0 Å². The number of nitrogens with one attached hydrogen (secondary N) is 3. The van der Waals surface area contributed by atoms with Crippen molar-refractivity contribution in [1.82, 2.24) is 58.6 Å². The minimum absolute atomic E-state index is 0.0300. The second kappa shape index (κ2) is 19.0. The molecule has 0 spiro atoms. The predicted octanol–water partition coefficient (Wildman–Crippen LogP) is -3.06. The molecule has 6 aromatic heterocycles. The molecule has 9 N–H and O–H groups in total. The van der Waals surface area contributed by atoms with E-state index in [1.807, 2.05) is 0 Å². The second-order valence-corrected chi connectivity index (χ2v) is 19.5. The molecule has 34 nitrogen and oxygen atoms in total. The lowest BCUT2D eigenvalue weighted by Gasteiger charge is -2.26. The standard InChI is InChI=1S/C32H39N12O22P3/c1-57-21-12(62-30(18(21)45)42-9-39-15-24(42)33-6-36-27(15)48)3-60-68(53,54)66-23-14(64-32(20(23)47)44-11-41-17-26(44)35-8-38-29(17)50)5-61-69(55,56)65-22-13(4-59-67(51,52)58-2)63-31(19(22)46)43-10-40-16-25(43)34-7-37-28(16)49/h6-14,18-23,30-32,45-47H,3-5H2,1-2H3,(H,51,52)(H,53,54)(H,55,56)(H,33,36,48)(H,34,37,49)(H,35,38,50)/t12-,13-,14-,18+,19+,20+,21?,22?,23?,30-,31-,32-/m1/s1. The second-order valence-electron chi connectivity index (χ2n) is 15.2. The fourth-order valence-corrected chi connectivity index (χ4v) is 10.2. The molecule has 9 rings (SSSR count). The minimum Gasteiger partial charge on any atom is -0.386 e. The molecular formula is C32H39N12O22P3. The zero-order valence-corrected chi connectivity index (χ0v) is 37.8. The smallest absolute Gasteiger partial charge is 0.386 e. The van der Waals surface area contributed by atoms with Crippen molar-refractivity contribution in [3.63, 3.8) is 0 Å². The molecule has 9 heterocycles. The van der Waals surface area contributed by atoms with Gasteiger partial charge in [-0.2, -0.15) is 0 Å². The zero-order valence-electron chi connectivity index (χ0n) is 35.1. The lowest BCUT2D eigenvalue weighted by Crippen LogP contribution is -2.38. The number of rotatable bonds is 18. The van der Waals surface area contributed by atoms with E-state index in [1.54, 1.807) is 0 Å². The molecule has 6 aromatic rings. The maximum absolute atomic E-state index is 13.7. The van der Waals surface area contributed by atoms with Crippen LogP contribution in [0.1, 0.15) is 18.7 Å². The lowest BCUT2D eigenvalue weighted by atomic mass is 10.1. The quantitative estimate of drug-likeness (QED) is 0.0386. The summed E-state index contributed by atoms with van der Waals surface area (Å²) in [7, 11) is -13.6. The third-order valence-electron chi connectivity index (χ3n) is 11.1. The Morgan fingerprint density at radius 2 is 0.855 bits per heavy atom. The van der Waals surface area contributed by atoms with Gasteiger partial charge in [0.15, 0.2) is 52.2 Å². The average Bonchev–Trinajstić information content (AvgIpc) is 4.18. The van der Waals surface area contributed by atoms with Gasteiger partial charge in [-0.25, -0.2) is 43.6 Å². The third-order valence-corrected chi connectivity index (χ3v) is 14.0. The van der Waals surface area contributed by atoms with Crippen LogP contribution in [0, 0.1) is 0 Å². The molecule has 0 radical (unpaired) electrons. The number of phosphoric ester groups is 3. The van der Waals surface area contributed by atoms with Crippen LogP contribution in [0.5, 0.6) is 0 Å². The van der Waals surface area contributed by atoms with E-state index >= 15 is 0 Å². The maximum atomic E-state index is 13.7. The van der Waals surface area contributed by atoms with Gasteiger partial charge in [-0.05, 0) is 0 Å². The summed E-state index contributed by atoms with van der Waals surface area (Å²) in [4.78, 5) is 100. The number of ether oxygens (including phenoxy) is 4. The summed E-state index contributed by atoms with van der Waals surface area (Å²) < 4.78 is 96.6. The molecule has 37 heteroatoms. The number of nitrogens with zero attached hydrogens (tertiary/aromatic N) is 9. The van der Waals surface area contributed by atoms with Crippen molar-refractivity contribution >= 4 is 57.0 Å². The number of imidazole rings is 3. The van der Waals surface area contributed by atoms with Gasteiger partial charge in [-0.3, -0.25) is 55.2 Å². The van der Waals surface area contributed by atoms with Gasteiger partial charge in [0, 0.05) is 14.2 Å². The van der Waals surface area contributed by atoms with E-state index in [0.29, 0.717) is 0 Å². The number of hydrogen-bond donors (Lipinski definition) is 9. The van der Waals surface area contributed by atoms with Gasteiger partial charge in [0.25, 0.3) is 16.7 Å². The van der Waals surface area contributed by atoms with Crippen molar-refractivity contribution in [1.29, 1.82) is 0 Å². The third kappa shape index (κ3) is 9.54. The maximum Gasteiger partial charge on any atom is 0.472 e. The van der Waals surface area contributed by atoms with E-state index in [1.165, 1.54) is 18.0 Å². The molecule has 3 aliphatic heterocycles. The van der Waals surface area contributed by atoms with E-state index in [0.717, 1.165) is 47.9 Å². The minimum atomic E-state index is -5.51. The fourth-order valence-electron chi connectivity index (χ4n) is 7.87. The van der Waals surface area contributed by atoms with Gasteiger partial charge in [0.1, 0.15) is 54.9 Å².